The van der Waals surface area contributed by atoms with E-state index >= 15 is 0 Å². The summed E-state index contributed by atoms with van der Waals surface area (Å²) in [6, 6.07) is 7.45. The molecule has 0 unspecified atom stereocenters. The first-order valence-electron chi connectivity index (χ1n) is 11.9. The van der Waals surface area contributed by atoms with Gasteiger partial charge in [-0.25, -0.2) is 4.57 Å². The third-order valence-corrected chi connectivity index (χ3v) is 7.74. The number of phenols is 1. The Hall–Kier alpha value is -3.98. The van der Waals surface area contributed by atoms with E-state index in [1.807, 2.05) is 48.1 Å². The molecule has 9 heteroatoms. The number of allylic oxidation sites excluding steroid dienone is 2. The summed E-state index contributed by atoms with van der Waals surface area (Å²) in [6.07, 6.45) is 4.47. The summed E-state index contributed by atoms with van der Waals surface area (Å²) in [4.78, 5) is 38.7. The SMILES string of the molecule is CCc1cc(C[n+]2ccccc2)c(O)c2c1C[C@H]1C[C@H]3CC(O)=C(C(N)=O)C(=O)[C@@]3(O)C(O)=C1C2=O. The second-order valence-corrected chi connectivity index (χ2v) is 9.71. The van der Waals surface area contributed by atoms with Gasteiger partial charge in [0.25, 0.3) is 5.91 Å². The molecule has 9 nitrogen and oxygen atoms in total. The summed E-state index contributed by atoms with van der Waals surface area (Å²) in [7, 11) is 0. The number of pyridine rings is 1. The van der Waals surface area contributed by atoms with Gasteiger partial charge in [0.1, 0.15) is 22.8 Å². The van der Waals surface area contributed by atoms with E-state index < -0.39 is 52.0 Å². The maximum atomic E-state index is 13.8. The standard InChI is InChI=1S/C27H26N2O7/c1-2-13-8-15(12-29-6-4-3-5-7-29)22(31)20-17(13)10-14-9-16-11-18(30)21(26(28)35)25(34)27(16,36)24(33)19(14)23(20)32/h3-8,14,16,36H,2,9-12H2,1H3,(H4-,28,30,31,32,33,34,35)/p+1/t14-,16+,27+/m1/s1. The first-order valence-corrected chi connectivity index (χ1v) is 11.9. The molecule has 3 atom stereocenters. The Morgan fingerprint density at radius 2 is 1.81 bits per heavy atom. The van der Waals surface area contributed by atoms with Crippen LogP contribution in [0.2, 0.25) is 0 Å². The van der Waals surface area contributed by atoms with E-state index in [4.69, 9.17) is 5.73 Å². The highest BCUT2D eigenvalue weighted by Gasteiger charge is 2.59. The number of primary amides is 1. The number of nitrogens with two attached hydrogens (primary N) is 1. The molecule has 0 spiro atoms. The number of aromatic hydroxyl groups is 1. The number of benzene rings is 1. The van der Waals surface area contributed by atoms with E-state index in [2.05, 4.69) is 0 Å². The van der Waals surface area contributed by atoms with Crippen molar-refractivity contribution in [2.75, 3.05) is 0 Å². The highest BCUT2D eigenvalue weighted by molar-refractivity contribution is 6.24. The molecule has 186 valence electrons. The van der Waals surface area contributed by atoms with Crippen molar-refractivity contribution < 1.29 is 39.4 Å². The molecule has 0 bridgehead atoms. The van der Waals surface area contributed by atoms with Gasteiger partial charge in [-0.2, -0.15) is 0 Å². The van der Waals surface area contributed by atoms with Crippen molar-refractivity contribution in [3.05, 3.63) is 81.6 Å². The zero-order valence-electron chi connectivity index (χ0n) is 19.7. The van der Waals surface area contributed by atoms with Gasteiger partial charge in [0.15, 0.2) is 30.3 Å². The molecule has 3 aliphatic rings. The quantitative estimate of drug-likeness (QED) is 0.320. The molecule has 1 aromatic carbocycles. The molecular weight excluding hydrogens is 464 g/mol. The average molecular weight is 492 g/mol. The highest BCUT2D eigenvalue weighted by atomic mass is 16.3. The van der Waals surface area contributed by atoms with Crippen LogP contribution in [0.1, 0.15) is 46.8 Å². The van der Waals surface area contributed by atoms with Crippen molar-refractivity contribution >= 4 is 17.5 Å². The van der Waals surface area contributed by atoms with Gasteiger partial charge in [0.2, 0.25) is 5.78 Å². The number of carbonyl (C=O) groups is 3. The number of aliphatic hydroxyl groups excluding tert-OH is 2. The minimum Gasteiger partial charge on any atom is -0.511 e. The topological polar surface area (TPSA) is 162 Å². The summed E-state index contributed by atoms with van der Waals surface area (Å²) in [6.45, 7) is 2.26. The molecule has 0 saturated heterocycles. The van der Waals surface area contributed by atoms with Crippen LogP contribution >= 0.6 is 0 Å². The molecule has 3 aliphatic carbocycles. The Morgan fingerprint density at radius 3 is 2.44 bits per heavy atom. The second-order valence-electron chi connectivity index (χ2n) is 9.71. The molecule has 0 aliphatic heterocycles. The molecule has 0 saturated carbocycles. The maximum absolute atomic E-state index is 13.8. The normalized spacial score (nSPS) is 25.4. The van der Waals surface area contributed by atoms with Gasteiger partial charge in [-0.3, -0.25) is 14.4 Å². The van der Waals surface area contributed by atoms with Crippen molar-refractivity contribution in [1.29, 1.82) is 0 Å². The number of ketones is 2. The summed E-state index contributed by atoms with van der Waals surface area (Å²) in [5, 5.41) is 44.0. The maximum Gasteiger partial charge on any atom is 0.255 e. The Bertz CT molecular complexity index is 1390. The Kier molecular flexibility index (Phi) is 5.48. The minimum absolute atomic E-state index is 0.0532. The van der Waals surface area contributed by atoms with Crippen LogP contribution in [0.4, 0.5) is 0 Å². The van der Waals surface area contributed by atoms with E-state index in [0.29, 0.717) is 30.5 Å². The number of rotatable bonds is 4. The predicted molar refractivity (Wildman–Crippen MR) is 126 cm³/mol. The van der Waals surface area contributed by atoms with Gasteiger partial charge >= 0.3 is 0 Å². The minimum atomic E-state index is -2.56. The van der Waals surface area contributed by atoms with Crippen molar-refractivity contribution in [3.63, 3.8) is 0 Å². The number of phenolic OH excluding ortho intramolecular Hbond substituents is 1. The van der Waals surface area contributed by atoms with Crippen LogP contribution in [-0.2, 0) is 29.0 Å². The van der Waals surface area contributed by atoms with Gasteiger partial charge in [0.05, 0.1) is 11.1 Å². The molecule has 2 aromatic rings. The first kappa shape index (κ1) is 23.7. The molecule has 1 aromatic heterocycles. The predicted octanol–water partition coefficient (Wildman–Crippen LogP) is 1.48. The number of carbonyl (C=O) groups excluding carboxylic acids is 3. The lowest BCUT2D eigenvalue weighted by molar-refractivity contribution is -0.688. The largest absolute Gasteiger partial charge is 0.511 e. The number of amides is 1. The molecule has 0 radical (unpaired) electrons. The molecule has 5 rings (SSSR count). The number of aromatic nitrogens is 1. The van der Waals surface area contributed by atoms with Crippen molar-refractivity contribution in [2.24, 2.45) is 17.6 Å². The fraction of sp³-hybridized carbons (Fsp3) is 0.333. The molecule has 6 N–H and O–H groups in total. The zero-order valence-corrected chi connectivity index (χ0v) is 19.7. The number of nitrogens with zero attached hydrogens (tertiary/aromatic N) is 1. The number of hydrogen-bond acceptors (Lipinski definition) is 7. The molecule has 0 fully saturated rings. The fourth-order valence-electron chi connectivity index (χ4n) is 6.00. The highest BCUT2D eigenvalue weighted by Crippen LogP contribution is 2.52. The third-order valence-electron chi connectivity index (χ3n) is 7.74. The number of Topliss-reactive ketones (excluding diaryl/α,β-unsaturated/α-hetero) is 2. The van der Waals surface area contributed by atoms with Crippen LogP contribution in [0.5, 0.6) is 5.75 Å². The average Bonchev–Trinajstić information content (AvgIpc) is 2.83. The molecular formula is C27H27N2O7+. The molecule has 36 heavy (non-hydrogen) atoms. The summed E-state index contributed by atoms with van der Waals surface area (Å²) in [5.41, 5.74) is 3.90. The van der Waals surface area contributed by atoms with Crippen LogP contribution in [0, 0.1) is 11.8 Å². The number of fused-ring (bicyclic) bond motifs is 3. The lowest BCUT2D eigenvalue weighted by atomic mass is 9.60. The monoisotopic (exact) mass is 491 g/mol. The van der Waals surface area contributed by atoms with Crippen LogP contribution in [-0.4, -0.2) is 43.5 Å². The molecule has 1 amide bonds. The smallest absolute Gasteiger partial charge is 0.255 e. The summed E-state index contributed by atoms with van der Waals surface area (Å²) >= 11 is 0. The lowest BCUT2D eigenvalue weighted by Crippen LogP contribution is -2.57. The van der Waals surface area contributed by atoms with E-state index in [1.54, 1.807) is 0 Å². The fourth-order valence-corrected chi connectivity index (χ4v) is 6.00. The van der Waals surface area contributed by atoms with Crippen LogP contribution in [0.25, 0.3) is 0 Å². The van der Waals surface area contributed by atoms with E-state index in [0.717, 1.165) is 5.56 Å². The first-order chi connectivity index (χ1) is 17.1. The number of aliphatic hydroxyl groups is 3. The van der Waals surface area contributed by atoms with Gasteiger partial charge in [0, 0.05) is 30.0 Å². The number of aryl methyl sites for hydroxylation is 1. The Balaban J connectivity index is 1.65. The van der Waals surface area contributed by atoms with Gasteiger partial charge in [-0.05, 0) is 42.4 Å². The van der Waals surface area contributed by atoms with Crippen LogP contribution < -0.4 is 10.3 Å². The van der Waals surface area contributed by atoms with E-state index in [1.165, 1.54) is 0 Å². The van der Waals surface area contributed by atoms with Crippen LogP contribution in [0.15, 0.2) is 59.3 Å². The Labute approximate surface area is 206 Å². The summed E-state index contributed by atoms with van der Waals surface area (Å²) in [5.74, 6) is -6.16. The molecule has 1 heterocycles. The second kappa shape index (κ2) is 8.30. The number of hydrogen-bond donors (Lipinski definition) is 5. The van der Waals surface area contributed by atoms with E-state index in [-0.39, 0.29) is 29.7 Å². The van der Waals surface area contributed by atoms with E-state index in [9.17, 15) is 34.8 Å². The zero-order chi connectivity index (χ0) is 25.9. The van der Waals surface area contributed by atoms with Crippen molar-refractivity contribution in [2.45, 2.75) is 44.8 Å². The van der Waals surface area contributed by atoms with Gasteiger partial charge < -0.3 is 26.2 Å². The Morgan fingerprint density at radius 1 is 1.11 bits per heavy atom. The van der Waals surface area contributed by atoms with Crippen molar-refractivity contribution in [1.82, 2.24) is 0 Å². The summed E-state index contributed by atoms with van der Waals surface area (Å²) < 4.78 is 1.85. The van der Waals surface area contributed by atoms with Crippen LogP contribution in [0.3, 0.4) is 0 Å². The van der Waals surface area contributed by atoms with Gasteiger partial charge in [-0.1, -0.05) is 13.0 Å². The third kappa shape index (κ3) is 3.26. The van der Waals surface area contributed by atoms with Gasteiger partial charge in [-0.15, -0.1) is 0 Å². The lowest BCUT2D eigenvalue weighted by Gasteiger charge is -2.45. The van der Waals surface area contributed by atoms with Crippen molar-refractivity contribution in [3.8, 4) is 5.75 Å².